The van der Waals surface area contributed by atoms with E-state index in [4.69, 9.17) is 6.42 Å². The van der Waals surface area contributed by atoms with Crippen molar-refractivity contribution in [2.45, 2.75) is 37.7 Å². The summed E-state index contributed by atoms with van der Waals surface area (Å²) in [6.45, 7) is 6.88. The maximum atomic E-state index is 11.9. The molecular weight excluding hydrogens is 308 g/mol. The molecule has 0 aliphatic heterocycles. The molecule has 1 amide bonds. The first kappa shape index (κ1) is 17.1. The lowest BCUT2D eigenvalue weighted by atomic mass is 10.1. The van der Waals surface area contributed by atoms with Crippen LogP contribution in [0.1, 0.15) is 19.4 Å². The number of hydrogen-bond acceptors (Lipinski definition) is 4. The minimum Gasteiger partial charge on any atom is -0.344 e. The Hall–Kier alpha value is -2.26. The molecule has 5 nitrogen and oxygen atoms in total. The van der Waals surface area contributed by atoms with Gasteiger partial charge in [-0.2, -0.15) is 0 Å². The van der Waals surface area contributed by atoms with Gasteiger partial charge in [0, 0.05) is 12.1 Å². The van der Waals surface area contributed by atoms with Gasteiger partial charge in [-0.15, -0.1) is 16.6 Å². The zero-order valence-electron chi connectivity index (χ0n) is 13.5. The van der Waals surface area contributed by atoms with Gasteiger partial charge in [0.1, 0.15) is 0 Å². The zero-order chi connectivity index (χ0) is 16.8. The van der Waals surface area contributed by atoms with Crippen LogP contribution in [0.2, 0.25) is 0 Å². The fraction of sp³-hybridized carbons (Fsp3) is 0.353. The van der Waals surface area contributed by atoms with Crippen molar-refractivity contribution in [1.29, 1.82) is 0 Å². The van der Waals surface area contributed by atoms with Crippen LogP contribution >= 0.6 is 11.8 Å². The first-order chi connectivity index (χ1) is 11.1. The summed E-state index contributed by atoms with van der Waals surface area (Å²) < 4.78 is 2.02. The average molecular weight is 328 g/mol. The van der Waals surface area contributed by atoms with E-state index in [0.29, 0.717) is 0 Å². The number of hydrogen-bond donors (Lipinski definition) is 1. The van der Waals surface area contributed by atoms with Crippen LogP contribution in [0.5, 0.6) is 0 Å². The number of aromatic nitrogens is 3. The summed E-state index contributed by atoms with van der Waals surface area (Å²) in [4.78, 5) is 11.9. The Morgan fingerprint density at radius 2 is 2.26 bits per heavy atom. The normalized spacial score (nSPS) is 11.7. The summed E-state index contributed by atoms with van der Waals surface area (Å²) in [7, 11) is 0. The largest absolute Gasteiger partial charge is 0.344 e. The van der Waals surface area contributed by atoms with Gasteiger partial charge in [-0.1, -0.05) is 41.4 Å². The number of aryl methyl sites for hydroxylation is 1. The third-order valence-electron chi connectivity index (χ3n) is 3.33. The summed E-state index contributed by atoms with van der Waals surface area (Å²) >= 11 is 1.38. The average Bonchev–Trinajstić information content (AvgIpc) is 2.95. The van der Waals surface area contributed by atoms with Crippen LogP contribution < -0.4 is 5.32 Å². The quantitative estimate of drug-likeness (QED) is 0.654. The van der Waals surface area contributed by atoms with E-state index in [9.17, 15) is 4.79 Å². The van der Waals surface area contributed by atoms with Crippen molar-refractivity contribution in [1.82, 2.24) is 20.1 Å². The van der Waals surface area contributed by atoms with Gasteiger partial charge >= 0.3 is 0 Å². The third-order valence-corrected chi connectivity index (χ3v) is 4.41. The molecule has 1 unspecified atom stereocenters. The Bertz CT molecular complexity index is 732. The number of carbonyl (C=O) groups excluding carboxylic acids is 1. The highest BCUT2D eigenvalue weighted by Crippen LogP contribution is 2.27. The molecule has 1 atom stereocenters. The van der Waals surface area contributed by atoms with E-state index in [2.05, 4.69) is 27.5 Å². The molecule has 1 N–H and O–H groups in total. The number of nitrogens with one attached hydrogen (secondary N) is 1. The lowest BCUT2D eigenvalue weighted by molar-refractivity contribution is -0.120. The minimum atomic E-state index is -0.289. The summed E-state index contributed by atoms with van der Waals surface area (Å²) in [6, 6.07) is 8.14. The highest BCUT2D eigenvalue weighted by atomic mass is 32.2. The summed E-state index contributed by atoms with van der Waals surface area (Å²) in [5.41, 5.74) is 2.19. The van der Waals surface area contributed by atoms with Crippen LogP contribution in [0.25, 0.3) is 11.4 Å². The van der Waals surface area contributed by atoms with E-state index in [-0.39, 0.29) is 17.7 Å². The van der Waals surface area contributed by atoms with Crippen molar-refractivity contribution >= 4 is 17.7 Å². The number of nitrogens with zero attached hydrogens (tertiary/aromatic N) is 3. The number of thioether (sulfide) groups is 1. The Morgan fingerprint density at radius 3 is 2.91 bits per heavy atom. The summed E-state index contributed by atoms with van der Waals surface area (Å²) in [5, 5.41) is 11.7. The zero-order valence-corrected chi connectivity index (χ0v) is 14.4. The van der Waals surface area contributed by atoms with E-state index in [1.807, 2.05) is 43.5 Å². The molecule has 0 spiro atoms. The molecule has 0 bridgehead atoms. The number of amides is 1. The van der Waals surface area contributed by atoms with Crippen LogP contribution in [0, 0.1) is 19.3 Å². The van der Waals surface area contributed by atoms with Gasteiger partial charge < -0.3 is 9.88 Å². The van der Waals surface area contributed by atoms with Crippen molar-refractivity contribution in [3.8, 4) is 23.7 Å². The van der Waals surface area contributed by atoms with Gasteiger partial charge in [-0.3, -0.25) is 4.79 Å². The van der Waals surface area contributed by atoms with Crippen LogP contribution in [-0.2, 0) is 11.3 Å². The minimum absolute atomic E-state index is 0.101. The first-order valence-electron chi connectivity index (χ1n) is 7.44. The fourth-order valence-electron chi connectivity index (χ4n) is 2.15. The van der Waals surface area contributed by atoms with E-state index in [1.165, 1.54) is 17.3 Å². The predicted octanol–water partition coefficient (Wildman–Crippen LogP) is 2.50. The lowest BCUT2D eigenvalue weighted by Gasteiger charge is -2.11. The highest BCUT2D eigenvalue weighted by Gasteiger charge is 2.19. The van der Waals surface area contributed by atoms with E-state index >= 15 is 0 Å². The molecule has 1 heterocycles. The fourth-order valence-corrected chi connectivity index (χ4v) is 3.09. The molecule has 2 aromatic rings. The van der Waals surface area contributed by atoms with E-state index in [0.717, 1.165) is 23.1 Å². The predicted molar refractivity (Wildman–Crippen MR) is 93.0 cm³/mol. The van der Waals surface area contributed by atoms with Gasteiger partial charge in [0.2, 0.25) is 5.91 Å². The molecule has 1 aromatic heterocycles. The molecule has 0 aliphatic carbocycles. The van der Waals surface area contributed by atoms with E-state index in [1.54, 1.807) is 0 Å². The van der Waals surface area contributed by atoms with Crippen molar-refractivity contribution in [3.63, 3.8) is 0 Å². The monoisotopic (exact) mass is 328 g/mol. The summed E-state index contributed by atoms with van der Waals surface area (Å²) in [6.07, 6.45) is 5.16. The van der Waals surface area contributed by atoms with Gasteiger partial charge in [0.05, 0.1) is 11.8 Å². The van der Waals surface area contributed by atoms with Crippen molar-refractivity contribution in [3.05, 3.63) is 29.8 Å². The molecule has 0 fully saturated rings. The Balaban J connectivity index is 2.22. The molecular formula is C17H20N4OS. The molecule has 2 rings (SSSR count). The molecule has 0 radical (unpaired) electrons. The number of carbonyl (C=O) groups is 1. The van der Waals surface area contributed by atoms with Crippen molar-refractivity contribution < 1.29 is 4.79 Å². The molecule has 120 valence electrons. The number of benzene rings is 1. The molecule has 6 heteroatoms. The Kier molecular flexibility index (Phi) is 5.83. The second-order valence-corrected chi connectivity index (χ2v) is 6.41. The molecule has 0 saturated heterocycles. The van der Waals surface area contributed by atoms with Gasteiger partial charge in [-0.05, 0) is 26.8 Å². The second-order valence-electron chi connectivity index (χ2n) is 5.10. The van der Waals surface area contributed by atoms with Crippen LogP contribution in [0.15, 0.2) is 29.4 Å². The molecule has 1 aromatic carbocycles. The first-order valence-corrected chi connectivity index (χ1v) is 8.32. The SMILES string of the molecule is C#CCNC(=O)C(C)Sc1nnc(-c2cccc(C)c2)n1CC. The third kappa shape index (κ3) is 4.14. The molecule has 0 saturated carbocycles. The van der Waals surface area contributed by atoms with E-state index < -0.39 is 0 Å². The molecule has 0 aliphatic rings. The molecule has 23 heavy (non-hydrogen) atoms. The standard InChI is InChI=1S/C17H20N4OS/c1-5-10-18-16(22)13(4)23-17-20-19-15(21(17)6-2)14-9-7-8-12(3)11-14/h1,7-9,11,13H,6,10H2,2-4H3,(H,18,22). The van der Waals surface area contributed by atoms with Crippen LogP contribution in [0.3, 0.4) is 0 Å². The number of terminal acetylenes is 1. The van der Waals surface area contributed by atoms with Crippen LogP contribution in [0.4, 0.5) is 0 Å². The Morgan fingerprint density at radius 1 is 1.48 bits per heavy atom. The lowest BCUT2D eigenvalue weighted by Crippen LogP contribution is -2.31. The van der Waals surface area contributed by atoms with Crippen LogP contribution in [-0.4, -0.2) is 32.5 Å². The smallest absolute Gasteiger partial charge is 0.234 e. The maximum absolute atomic E-state index is 11.9. The van der Waals surface area contributed by atoms with Gasteiger partial charge in [-0.25, -0.2) is 0 Å². The number of rotatable bonds is 6. The highest BCUT2D eigenvalue weighted by molar-refractivity contribution is 8.00. The Labute approximate surface area is 140 Å². The van der Waals surface area contributed by atoms with Gasteiger partial charge in [0.25, 0.3) is 0 Å². The summed E-state index contributed by atoms with van der Waals surface area (Å²) in [5.74, 6) is 3.11. The van der Waals surface area contributed by atoms with Crippen molar-refractivity contribution in [2.75, 3.05) is 6.54 Å². The van der Waals surface area contributed by atoms with Crippen molar-refractivity contribution in [2.24, 2.45) is 0 Å². The maximum Gasteiger partial charge on any atom is 0.234 e. The second kappa shape index (κ2) is 7.84. The van der Waals surface area contributed by atoms with Gasteiger partial charge in [0.15, 0.2) is 11.0 Å². The topological polar surface area (TPSA) is 59.8 Å².